The van der Waals surface area contributed by atoms with Crippen LogP contribution in [0.2, 0.25) is 5.02 Å². The summed E-state index contributed by atoms with van der Waals surface area (Å²) in [7, 11) is 0. The summed E-state index contributed by atoms with van der Waals surface area (Å²) in [5.41, 5.74) is 2.57. The normalized spacial score (nSPS) is 23.1. The lowest BCUT2D eigenvalue weighted by Gasteiger charge is -2.40. The van der Waals surface area contributed by atoms with Gasteiger partial charge in [-0.2, -0.15) is 0 Å². The highest BCUT2D eigenvalue weighted by molar-refractivity contribution is 6.31. The molecule has 2 unspecified atom stereocenters. The van der Waals surface area contributed by atoms with E-state index in [1.807, 2.05) is 6.07 Å². The van der Waals surface area contributed by atoms with E-state index < -0.39 is 0 Å². The Bertz CT molecular complexity index is 433. The van der Waals surface area contributed by atoms with Crippen LogP contribution >= 0.6 is 11.6 Å². The van der Waals surface area contributed by atoms with Gasteiger partial charge in [-0.15, -0.1) is 0 Å². The Hall–Kier alpha value is -0.730. The molecule has 20 heavy (non-hydrogen) atoms. The van der Waals surface area contributed by atoms with E-state index in [9.17, 15) is 0 Å². The van der Waals surface area contributed by atoms with Crippen molar-refractivity contribution in [2.75, 3.05) is 18.0 Å². The second kappa shape index (κ2) is 7.33. The Balaban J connectivity index is 2.23. The summed E-state index contributed by atoms with van der Waals surface area (Å²) in [5, 5.41) is 4.37. The minimum Gasteiger partial charge on any atom is -0.368 e. The lowest BCUT2D eigenvalue weighted by molar-refractivity contribution is 0.363. The molecule has 0 aromatic heterocycles. The van der Waals surface area contributed by atoms with Gasteiger partial charge < -0.3 is 10.2 Å². The molecule has 0 bridgehead atoms. The first-order chi connectivity index (χ1) is 9.65. The van der Waals surface area contributed by atoms with Gasteiger partial charge in [-0.25, -0.2) is 0 Å². The van der Waals surface area contributed by atoms with E-state index in [1.165, 1.54) is 24.1 Å². The fourth-order valence-electron chi connectivity index (χ4n) is 3.06. The van der Waals surface area contributed by atoms with Crippen LogP contribution in [0.25, 0.3) is 0 Å². The van der Waals surface area contributed by atoms with Gasteiger partial charge in [0.1, 0.15) is 0 Å². The Labute approximate surface area is 128 Å². The number of rotatable bonds is 5. The molecule has 1 aromatic rings. The van der Waals surface area contributed by atoms with Crippen LogP contribution in [-0.2, 0) is 6.54 Å². The SMILES string of the molecule is CCCNCc1c(Cl)cccc1N1CCCC(C)C1C. The molecule has 112 valence electrons. The van der Waals surface area contributed by atoms with E-state index >= 15 is 0 Å². The van der Waals surface area contributed by atoms with Crippen molar-refractivity contribution < 1.29 is 0 Å². The summed E-state index contributed by atoms with van der Waals surface area (Å²) in [6.45, 7) is 9.93. The third-order valence-corrected chi connectivity index (χ3v) is 4.86. The van der Waals surface area contributed by atoms with E-state index in [2.05, 4.69) is 43.1 Å². The fraction of sp³-hybridized carbons (Fsp3) is 0.647. The lowest BCUT2D eigenvalue weighted by Crippen LogP contribution is -2.43. The summed E-state index contributed by atoms with van der Waals surface area (Å²) < 4.78 is 0. The van der Waals surface area contributed by atoms with Crippen molar-refractivity contribution >= 4 is 17.3 Å². The second-order valence-electron chi connectivity index (χ2n) is 5.97. The summed E-state index contributed by atoms with van der Waals surface area (Å²) in [6.07, 6.45) is 3.76. The van der Waals surface area contributed by atoms with Gasteiger partial charge in [0.05, 0.1) is 0 Å². The van der Waals surface area contributed by atoms with Crippen LogP contribution in [0, 0.1) is 5.92 Å². The molecule has 3 heteroatoms. The minimum atomic E-state index is 0.590. The van der Waals surface area contributed by atoms with E-state index in [4.69, 9.17) is 11.6 Å². The van der Waals surface area contributed by atoms with Crippen LogP contribution < -0.4 is 10.2 Å². The number of nitrogens with one attached hydrogen (secondary N) is 1. The van der Waals surface area contributed by atoms with Crippen molar-refractivity contribution in [3.8, 4) is 0 Å². The molecule has 2 atom stereocenters. The van der Waals surface area contributed by atoms with Crippen molar-refractivity contribution in [1.82, 2.24) is 5.32 Å². The van der Waals surface area contributed by atoms with Crippen LogP contribution in [-0.4, -0.2) is 19.1 Å². The van der Waals surface area contributed by atoms with Crippen molar-refractivity contribution in [3.05, 3.63) is 28.8 Å². The highest BCUT2D eigenvalue weighted by Gasteiger charge is 2.26. The van der Waals surface area contributed by atoms with E-state index in [0.29, 0.717) is 6.04 Å². The van der Waals surface area contributed by atoms with Crippen LogP contribution in [0.3, 0.4) is 0 Å². The Morgan fingerprint density at radius 1 is 1.35 bits per heavy atom. The molecule has 1 aliphatic heterocycles. The topological polar surface area (TPSA) is 15.3 Å². The molecule has 0 radical (unpaired) electrons. The minimum absolute atomic E-state index is 0.590. The predicted molar refractivity (Wildman–Crippen MR) is 88.7 cm³/mol. The van der Waals surface area contributed by atoms with Gasteiger partial charge in [0.15, 0.2) is 0 Å². The van der Waals surface area contributed by atoms with E-state index in [-0.39, 0.29) is 0 Å². The van der Waals surface area contributed by atoms with Crippen molar-refractivity contribution in [2.24, 2.45) is 5.92 Å². The molecular weight excluding hydrogens is 268 g/mol. The van der Waals surface area contributed by atoms with Gasteiger partial charge in [-0.1, -0.05) is 31.5 Å². The molecule has 0 spiro atoms. The second-order valence-corrected chi connectivity index (χ2v) is 6.38. The highest BCUT2D eigenvalue weighted by atomic mass is 35.5. The Morgan fingerprint density at radius 3 is 2.90 bits per heavy atom. The maximum absolute atomic E-state index is 6.44. The van der Waals surface area contributed by atoms with Crippen LogP contribution in [0.1, 0.15) is 45.6 Å². The third-order valence-electron chi connectivity index (χ3n) is 4.51. The van der Waals surface area contributed by atoms with Gasteiger partial charge in [0, 0.05) is 35.4 Å². The quantitative estimate of drug-likeness (QED) is 0.806. The first-order valence-corrected chi connectivity index (χ1v) is 8.27. The number of halogens is 1. The summed E-state index contributed by atoms with van der Waals surface area (Å²) in [6, 6.07) is 6.90. The first-order valence-electron chi connectivity index (χ1n) is 7.90. The number of piperidine rings is 1. The van der Waals surface area contributed by atoms with Gasteiger partial charge in [0.25, 0.3) is 0 Å². The van der Waals surface area contributed by atoms with Gasteiger partial charge in [-0.3, -0.25) is 0 Å². The zero-order valence-electron chi connectivity index (χ0n) is 13.0. The molecule has 1 aliphatic rings. The van der Waals surface area contributed by atoms with E-state index in [1.54, 1.807) is 0 Å². The standard InChI is InChI=1S/C17H27ClN2/c1-4-10-19-12-15-16(18)8-5-9-17(15)20-11-6-7-13(2)14(20)3/h5,8-9,13-14,19H,4,6-7,10-12H2,1-3H3. The number of hydrogen-bond donors (Lipinski definition) is 1. The van der Waals surface area contributed by atoms with E-state index in [0.717, 1.165) is 37.0 Å². The van der Waals surface area contributed by atoms with Gasteiger partial charge in [0.2, 0.25) is 0 Å². The average Bonchev–Trinajstić information content (AvgIpc) is 2.44. The van der Waals surface area contributed by atoms with Gasteiger partial charge in [-0.05, 0) is 50.8 Å². The summed E-state index contributed by atoms with van der Waals surface area (Å²) >= 11 is 6.44. The molecule has 0 aliphatic carbocycles. The van der Waals surface area contributed by atoms with Crippen molar-refractivity contribution in [3.63, 3.8) is 0 Å². The molecule has 2 nitrogen and oxygen atoms in total. The Kier molecular flexibility index (Phi) is 5.74. The fourth-order valence-corrected chi connectivity index (χ4v) is 3.29. The predicted octanol–water partition coefficient (Wildman–Crippen LogP) is 4.46. The van der Waals surface area contributed by atoms with Crippen LogP contribution in [0.5, 0.6) is 0 Å². The molecule has 2 rings (SSSR count). The largest absolute Gasteiger partial charge is 0.368 e. The molecule has 1 heterocycles. The molecule has 1 fully saturated rings. The number of hydrogen-bond acceptors (Lipinski definition) is 2. The number of anilines is 1. The summed E-state index contributed by atoms with van der Waals surface area (Å²) in [4.78, 5) is 2.54. The third kappa shape index (κ3) is 3.48. The number of benzene rings is 1. The number of nitrogens with zero attached hydrogens (tertiary/aromatic N) is 1. The van der Waals surface area contributed by atoms with Crippen LogP contribution in [0.15, 0.2) is 18.2 Å². The summed E-state index contributed by atoms with van der Waals surface area (Å²) in [5.74, 6) is 0.749. The monoisotopic (exact) mass is 294 g/mol. The first kappa shape index (κ1) is 15.7. The van der Waals surface area contributed by atoms with Crippen molar-refractivity contribution in [2.45, 2.75) is 52.6 Å². The zero-order valence-corrected chi connectivity index (χ0v) is 13.7. The smallest absolute Gasteiger partial charge is 0.0471 e. The van der Waals surface area contributed by atoms with Gasteiger partial charge >= 0.3 is 0 Å². The van der Waals surface area contributed by atoms with Crippen LogP contribution in [0.4, 0.5) is 5.69 Å². The molecule has 1 N–H and O–H groups in total. The molecule has 0 amide bonds. The molecular formula is C17H27ClN2. The Morgan fingerprint density at radius 2 is 2.15 bits per heavy atom. The zero-order chi connectivity index (χ0) is 14.5. The maximum atomic E-state index is 6.44. The lowest BCUT2D eigenvalue weighted by atomic mass is 9.91. The molecule has 1 aromatic carbocycles. The molecule has 0 saturated carbocycles. The molecule has 1 saturated heterocycles. The maximum Gasteiger partial charge on any atom is 0.0471 e. The average molecular weight is 295 g/mol. The highest BCUT2D eigenvalue weighted by Crippen LogP contribution is 2.33. The van der Waals surface area contributed by atoms with Crippen molar-refractivity contribution in [1.29, 1.82) is 0 Å².